The highest BCUT2D eigenvalue weighted by atomic mass is 35.5. The lowest BCUT2D eigenvalue weighted by Gasteiger charge is -2.11. The molecule has 0 unspecified atom stereocenters. The summed E-state index contributed by atoms with van der Waals surface area (Å²) < 4.78 is 7.12. The molecule has 7 nitrogen and oxygen atoms in total. The Bertz CT molecular complexity index is 1310. The van der Waals surface area contributed by atoms with Crippen molar-refractivity contribution >= 4 is 35.0 Å². The number of ether oxygens (including phenoxy) is 1. The number of thioether (sulfide) groups is 1. The summed E-state index contributed by atoms with van der Waals surface area (Å²) in [4.78, 5) is 12.5. The Kier molecular flexibility index (Phi) is 6.93. The molecule has 0 aliphatic heterocycles. The summed E-state index contributed by atoms with van der Waals surface area (Å²) >= 11 is 7.33. The fraction of sp³-hybridized carbons (Fsp3) is 0.0833. The molecule has 1 N–H and O–H groups in total. The van der Waals surface area contributed by atoms with Gasteiger partial charge < -0.3 is 10.1 Å². The van der Waals surface area contributed by atoms with E-state index in [-0.39, 0.29) is 11.7 Å². The zero-order valence-electron chi connectivity index (χ0n) is 17.5. The zero-order chi connectivity index (χ0) is 23.2. The molecule has 0 aliphatic rings. The summed E-state index contributed by atoms with van der Waals surface area (Å²) in [6, 6.07) is 23.7. The Balaban J connectivity index is 1.59. The van der Waals surface area contributed by atoms with E-state index in [4.69, 9.17) is 21.6 Å². The molecule has 0 saturated carbocycles. The summed E-state index contributed by atoms with van der Waals surface area (Å²) in [7, 11) is 1.61. The van der Waals surface area contributed by atoms with E-state index in [1.807, 2.05) is 41.0 Å². The third-order valence-electron chi connectivity index (χ3n) is 4.67. The van der Waals surface area contributed by atoms with Crippen LogP contribution in [0.1, 0.15) is 5.56 Å². The third kappa shape index (κ3) is 5.34. The maximum absolute atomic E-state index is 12.5. The van der Waals surface area contributed by atoms with Crippen molar-refractivity contribution in [1.82, 2.24) is 14.8 Å². The fourth-order valence-corrected chi connectivity index (χ4v) is 3.98. The van der Waals surface area contributed by atoms with Crippen molar-refractivity contribution in [2.75, 3.05) is 18.2 Å². The molecule has 0 radical (unpaired) electrons. The number of rotatable bonds is 7. The summed E-state index contributed by atoms with van der Waals surface area (Å²) in [5.41, 5.74) is 2.72. The standard InChI is InChI=1S/C24H18ClN5O2S/c1-32-21-11-5-17(6-12-21)23-28-29-24(30(23)20-9-7-18(25)8-10-20)33-15-22(31)27-19-4-2-3-16(13-19)14-26/h2-13H,15H2,1H3,(H,27,31). The SMILES string of the molecule is COc1ccc(-c2nnc(SCC(=O)Nc3cccc(C#N)c3)n2-c2ccc(Cl)cc2)cc1. The van der Waals surface area contributed by atoms with Gasteiger partial charge in [-0.25, -0.2) is 0 Å². The van der Waals surface area contributed by atoms with Gasteiger partial charge in [-0.05, 0) is 66.7 Å². The number of carbonyl (C=O) groups is 1. The second-order valence-corrected chi connectivity index (χ2v) is 8.25. The van der Waals surface area contributed by atoms with E-state index in [2.05, 4.69) is 21.6 Å². The number of nitriles is 1. The van der Waals surface area contributed by atoms with Crippen molar-refractivity contribution in [1.29, 1.82) is 5.26 Å². The van der Waals surface area contributed by atoms with Gasteiger partial charge in [0.25, 0.3) is 0 Å². The number of anilines is 1. The van der Waals surface area contributed by atoms with Crippen LogP contribution in [0.4, 0.5) is 5.69 Å². The van der Waals surface area contributed by atoms with Gasteiger partial charge in [0.1, 0.15) is 5.75 Å². The number of hydrogen-bond donors (Lipinski definition) is 1. The van der Waals surface area contributed by atoms with Crippen LogP contribution in [0.25, 0.3) is 17.1 Å². The maximum atomic E-state index is 12.5. The Morgan fingerprint density at radius 3 is 2.58 bits per heavy atom. The van der Waals surface area contributed by atoms with Gasteiger partial charge in [0.2, 0.25) is 5.91 Å². The molecule has 9 heteroatoms. The number of aromatic nitrogens is 3. The zero-order valence-corrected chi connectivity index (χ0v) is 19.1. The van der Waals surface area contributed by atoms with E-state index < -0.39 is 0 Å². The topological polar surface area (TPSA) is 92.8 Å². The molecule has 164 valence electrons. The molecule has 0 aliphatic carbocycles. The van der Waals surface area contributed by atoms with Gasteiger partial charge in [0, 0.05) is 22.0 Å². The summed E-state index contributed by atoms with van der Waals surface area (Å²) in [5.74, 6) is 1.27. The average molecular weight is 476 g/mol. The van der Waals surface area contributed by atoms with Gasteiger partial charge in [-0.1, -0.05) is 29.4 Å². The highest BCUT2D eigenvalue weighted by Gasteiger charge is 2.17. The van der Waals surface area contributed by atoms with E-state index in [9.17, 15) is 4.79 Å². The molecule has 3 aromatic carbocycles. The van der Waals surface area contributed by atoms with E-state index in [0.717, 1.165) is 17.0 Å². The van der Waals surface area contributed by atoms with Gasteiger partial charge in [-0.3, -0.25) is 9.36 Å². The van der Waals surface area contributed by atoms with E-state index in [1.165, 1.54) is 11.8 Å². The Hall–Kier alpha value is -3.80. The highest BCUT2D eigenvalue weighted by Crippen LogP contribution is 2.29. The summed E-state index contributed by atoms with van der Waals surface area (Å²) in [5, 5.41) is 21.7. The lowest BCUT2D eigenvalue weighted by atomic mass is 10.2. The van der Waals surface area contributed by atoms with Crippen LogP contribution in [0.2, 0.25) is 5.02 Å². The van der Waals surface area contributed by atoms with Crippen LogP contribution in [0.5, 0.6) is 5.75 Å². The van der Waals surface area contributed by atoms with Crippen molar-refractivity contribution < 1.29 is 9.53 Å². The van der Waals surface area contributed by atoms with Crippen molar-refractivity contribution in [3.63, 3.8) is 0 Å². The first-order valence-corrected chi connectivity index (χ1v) is 11.2. The highest BCUT2D eigenvalue weighted by molar-refractivity contribution is 7.99. The van der Waals surface area contributed by atoms with Crippen LogP contribution in [0, 0.1) is 11.3 Å². The molecular weight excluding hydrogens is 458 g/mol. The van der Waals surface area contributed by atoms with Gasteiger partial charge in [0.05, 0.1) is 24.5 Å². The minimum atomic E-state index is -0.216. The van der Waals surface area contributed by atoms with Gasteiger partial charge in [-0.2, -0.15) is 5.26 Å². The van der Waals surface area contributed by atoms with Gasteiger partial charge >= 0.3 is 0 Å². The maximum Gasteiger partial charge on any atom is 0.234 e. The molecule has 0 spiro atoms. The van der Waals surface area contributed by atoms with Crippen LogP contribution in [-0.4, -0.2) is 33.5 Å². The van der Waals surface area contributed by atoms with Crippen LogP contribution in [-0.2, 0) is 4.79 Å². The first-order valence-electron chi connectivity index (χ1n) is 9.86. The van der Waals surface area contributed by atoms with Crippen molar-refractivity contribution in [2.45, 2.75) is 5.16 Å². The van der Waals surface area contributed by atoms with Crippen LogP contribution < -0.4 is 10.1 Å². The second-order valence-electron chi connectivity index (χ2n) is 6.88. The first-order chi connectivity index (χ1) is 16.1. The van der Waals surface area contributed by atoms with E-state index in [1.54, 1.807) is 43.5 Å². The predicted octanol–water partition coefficient (Wildman–Crippen LogP) is 5.20. The first kappa shape index (κ1) is 22.4. The molecule has 1 heterocycles. The van der Waals surface area contributed by atoms with Crippen LogP contribution >= 0.6 is 23.4 Å². The summed E-state index contributed by atoms with van der Waals surface area (Å²) in [6.07, 6.45) is 0. The van der Waals surface area contributed by atoms with Crippen LogP contribution in [0.3, 0.4) is 0 Å². The molecule has 1 aromatic heterocycles. The van der Waals surface area contributed by atoms with Gasteiger partial charge in [-0.15, -0.1) is 10.2 Å². The quantitative estimate of drug-likeness (QED) is 0.369. The minimum absolute atomic E-state index is 0.116. The molecule has 4 aromatic rings. The summed E-state index contributed by atoms with van der Waals surface area (Å²) in [6.45, 7) is 0. The third-order valence-corrected chi connectivity index (χ3v) is 5.86. The van der Waals surface area contributed by atoms with E-state index >= 15 is 0 Å². The molecule has 0 saturated heterocycles. The van der Waals surface area contributed by atoms with Gasteiger partial charge in [0.15, 0.2) is 11.0 Å². The van der Waals surface area contributed by atoms with Crippen molar-refractivity contribution in [3.8, 4) is 28.9 Å². The Labute approximate surface area is 200 Å². The number of benzene rings is 3. The number of amides is 1. The second kappa shape index (κ2) is 10.2. The molecular formula is C24H18ClN5O2S. The lowest BCUT2D eigenvalue weighted by Crippen LogP contribution is -2.14. The van der Waals surface area contributed by atoms with Crippen molar-refractivity contribution in [3.05, 3.63) is 83.4 Å². The minimum Gasteiger partial charge on any atom is -0.497 e. The lowest BCUT2D eigenvalue weighted by molar-refractivity contribution is -0.113. The monoisotopic (exact) mass is 475 g/mol. The number of nitrogens with one attached hydrogen (secondary N) is 1. The van der Waals surface area contributed by atoms with Crippen molar-refractivity contribution in [2.24, 2.45) is 0 Å². The molecule has 0 fully saturated rings. The number of nitrogens with zero attached hydrogens (tertiary/aromatic N) is 4. The number of hydrogen-bond acceptors (Lipinski definition) is 6. The average Bonchev–Trinajstić information content (AvgIpc) is 3.27. The van der Waals surface area contributed by atoms with E-state index in [0.29, 0.717) is 27.3 Å². The number of carbonyl (C=O) groups excluding carboxylic acids is 1. The Morgan fingerprint density at radius 2 is 1.88 bits per heavy atom. The Morgan fingerprint density at radius 1 is 1.12 bits per heavy atom. The normalized spacial score (nSPS) is 10.5. The van der Waals surface area contributed by atoms with Crippen LogP contribution in [0.15, 0.2) is 78.0 Å². The largest absolute Gasteiger partial charge is 0.497 e. The predicted molar refractivity (Wildman–Crippen MR) is 129 cm³/mol. The fourth-order valence-electron chi connectivity index (χ4n) is 3.11. The smallest absolute Gasteiger partial charge is 0.234 e. The number of methoxy groups -OCH3 is 1. The number of halogens is 1. The molecule has 0 bridgehead atoms. The molecule has 33 heavy (non-hydrogen) atoms. The molecule has 0 atom stereocenters. The molecule has 4 rings (SSSR count). The molecule has 1 amide bonds.